The lowest BCUT2D eigenvalue weighted by atomic mass is 9.83. The van der Waals surface area contributed by atoms with Crippen LogP contribution in [0.1, 0.15) is 19.8 Å². The topological polar surface area (TPSA) is 81.2 Å². The van der Waals surface area contributed by atoms with Crippen LogP contribution in [0, 0.1) is 5.82 Å². The number of carbonyl (C=O) groups is 1. The molecule has 2 heterocycles. The summed E-state index contributed by atoms with van der Waals surface area (Å²) in [6.45, 7) is 2.26. The van der Waals surface area contributed by atoms with E-state index in [1.54, 1.807) is 13.0 Å². The average molecular weight is 357 g/mol. The minimum Gasteiger partial charge on any atom is -0.465 e. The van der Waals surface area contributed by atoms with Crippen LogP contribution in [0.3, 0.4) is 0 Å². The fourth-order valence-electron chi connectivity index (χ4n) is 3.88. The van der Waals surface area contributed by atoms with E-state index < -0.39 is 27.7 Å². The second-order valence-corrected chi connectivity index (χ2v) is 8.40. The maximum atomic E-state index is 13.6. The van der Waals surface area contributed by atoms with Gasteiger partial charge in [0.25, 0.3) is 0 Å². The van der Waals surface area contributed by atoms with Gasteiger partial charge >= 0.3 is 16.3 Å². The summed E-state index contributed by atoms with van der Waals surface area (Å²) in [4.78, 5) is 12.6. The summed E-state index contributed by atoms with van der Waals surface area (Å²) in [5.41, 5.74) is -0.498. The zero-order valence-electron chi connectivity index (χ0n) is 13.5. The van der Waals surface area contributed by atoms with Gasteiger partial charge in [0.05, 0.1) is 11.2 Å². The number of amides is 1. The van der Waals surface area contributed by atoms with Crippen molar-refractivity contribution >= 4 is 22.0 Å². The Morgan fingerprint density at radius 2 is 2.12 bits per heavy atom. The van der Waals surface area contributed by atoms with Crippen molar-refractivity contribution in [2.24, 2.45) is 0 Å². The van der Waals surface area contributed by atoms with Crippen molar-refractivity contribution < 1.29 is 22.7 Å². The Labute approximate surface area is 140 Å². The molecule has 0 radical (unpaired) electrons. The first kappa shape index (κ1) is 17.0. The molecule has 0 aromatic heterocycles. The third-order valence-electron chi connectivity index (χ3n) is 4.89. The molecule has 0 unspecified atom stereocenters. The minimum atomic E-state index is -3.77. The molecule has 2 aliphatic heterocycles. The SMILES string of the molecule is C[C@H]1C[C@]2(CCN1C(=O)O)CN(C)S(=O)(=O)N2c1cccc(F)c1. The summed E-state index contributed by atoms with van der Waals surface area (Å²) >= 11 is 0. The number of likely N-dealkylation sites (tertiary alicyclic amines) is 1. The molecule has 132 valence electrons. The number of hydrogen-bond acceptors (Lipinski definition) is 3. The van der Waals surface area contributed by atoms with Gasteiger partial charge in [0.2, 0.25) is 0 Å². The lowest BCUT2D eigenvalue weighted by Gasteiger charge is -2.46. The van der Waals surface area contributed by atoms with E-state index in [1.165, 1.54) is 38.8 Å². The van der Waals surface area contributed by atoms with Crippen LogP contribution in [0.4, 0.5) is 14.9 Å². The molecule has 2 saturated heterocycles. The molecule has 1 N–H and O–H groups in total. The van der Waals surface area contributed by atoms with E-state index >= 15 is 0 Å². The van der Waals surface area contributed by atoms with Gasteiger partial charge in [0.15, 0.2) is 0 Å². The third-order valence-corrected chi connectivity index (χ3v) is 6.86. The van der Waals surface area contributed by atoms with E-state index in [9.17, 15) is 22.7 Å². The summed E-state index contributed by atoms with van der Waals surface area (Å²) in [5, 5.41) is 9.25. The van der Waals surface area contributed by atoms with Crippen molar-refractivity contribution in [3.8, 4) is 0 Å². The van der Waals surface area contributed by atoms with E-state index in [4.69, 9.17) is 0 Å². The molecule has 2 aliphatic rings. The van der Waals surface area contributed by atoms with E-state index in [2.05, 4.69) is 0 Å². The molecule has 1 spiro atoms. The Morgan fingerprint density at radius 3 is 2.71 bits per heavy atom. The van der Waals surface area contributed by atoms with Crippen LogP contribution in [-0.2, 0) is 10.2 Å². The molecule has 1 aromatic rings. The lowest BCUT2D eigenvalue weighted by molar-refractivity contribution is 0.0884. The molecule has 1 aromatic carbocycles. The highest BCUT2D eigenvalue weighted by molar-refractivity contribution is 7.90. The van der Waals surface area contributed by atoms with Crippen molar-refractivity contribution in [3.63, 3.8) is 0 Å². The van der Waals surface area contributed by atoms with Gasteiger partial charge in [-0.15, -0.1) is 0 Å². The van der Waals surface area contributed by atoms with Gasteiger partial charge in [-0.1, -0.05) is 6.07 Å². The largest absolute Gasteiger partial charge is 0.465 e. The maximum absolute atomic E-state index is 13.6. The molecular weight excluding hydrogens is 337 g/mol. The normalized spacial score (nSPS) is 30.0. The molecule has 2 fully saturated rings. The molecule has 2 atom stereocenters. The lowest BCUT2D eigenvalue weighted by Crippen LogP contribution is -2.58. The number of benzene rings is 1. The summed E-state index contributed by atoms with van der Waals surface area (Å²) in [7, 11) is -2.28. The first-order valence-electron chi connectivity index (χ1n) is 7.69. The Kier molecular flexibility index (Phi) is 3.95. The maximum Gasteiger partial charge on any atom is 0.407 e. The minimum absolute atomic E-state index is 0.242. The van der Waals surface area contributed by atoms with E-state index in [-0.39, 0.29) is 24.8 Å². The number of halogens is 1. The van der Waals surface area contributed by atoms with Gasteiger partial charge in [0, 0.05) is 26.2 Å². The van der Waals surface area contributed by atoms with Crippen molar-refractivity contribution in [3.05, 3.63) is 30.1 Å². The summed E-state index contributed by atoms with van der Waals surface area (Å²) in [6, 6.07) is 5.18. The van der Waals surface area contributed by atoms with Gasteiger partial charge in [-0.2, -0.15) is 12.7 Å². The van der Waals surface area contributed by atoms with Gasteiger partial charge in [0.1, 0.15) is 5.82 Å². The number of piperidine rings is 1. The Balaban J connectivity index is 2.05. The Morgan fingerprint density at radius 1 is 1.42 bits per heavy atom. The average Bonchev–Trinajstić information content (AvgIpc) is 2.64. The van der Waals surface area contributed by atoms with Crippen LogP contribution in [-0.4, -0.2) is 60.5 Å². The van der Waals surface area contributed by atoms with Crippen LogP contribution in [0.25, 0.3) is 0 Å². The molecule has 0 bridgehead atoms. The standard InChI is InChI=1S/C15H20FN3O4S/c1-11-9-15(6-7-18(11)14(20)21)10-17(2)24(22,23)19(15)13-5-3-4-12(16)8-13/h3-5,8,11H,6-7,9-10H2,1-2H3,(H,20,21)/t11-,15+/m0/s1. The number of rotatable bonds is 1. The highest BCUT2D eigenvalue weighted by Crippen LogP contribution is 2.43. The molecule has 0 saturated carbocycles. The predicted octanol–water partition coefficient (Wildman–Crippen LogP) is 1.72. The van der Waals surface area contributed by atoms with Crippen molar-refractivity contribution in [1.29, 1.82) is 0 Å². The molecule has 9 heteroatoms. The van der Waals surface area contributed by atoms with Crippen LogP contribution in [0.15, 0.2) is 24.3 Å². The van der Waals surface area contributed by atoms with Gasteiger partial charge in [-0.25, -0.2) is 13.5 Å². The second-order valence-electron chi connectivity index (χ2n) is 6.51. The first-order valence-corrected chi connectivity index (χ1v) is 9.09. The zero-order chi connectivity index (χ0) is 17.7. The van der Waals surface area contributed by atoms with Crippen LogP contribution in [0.5, 0.6) is 0 Å². The predicted molar refractivity (Wildman–Crippen MR) is 86.6 cm³/mol. The smallest absolute Gasteiger partial charge is 0.407 e. The molecule has 24 heavy (non-hydrogen) atoms. The fourth-order valence-corrected chi connectivity index (χ4v) is 5.65. The monoisotopic (exact) mass is 357 g/mol. The summed E-state index contributed by atoms with van der Waals surface area (Å²) in [6.07, 6.45) is -0.285. The Hall–Kier alpha value is -1.87. The first-order chi connectivity index (χ1) is 11.2. The quantitative estimate of drug-likeness (QED) is 0.830. The molecule has 7 nitrogen and oxygen atoms in total. The molecular formula is C15H20FN3O4S. The summed E-state index contributed by atoms with van der Waals surface area (Å²) < 4.78 is 41.8. The number of anilines is 1. The zero-order valence-corrected chi connectivity index (χ0v) is 14.3. The van der Waals surface area contributed by atoms with Gasteiger partial charge in [-0.3, -0.25) is 0 Å². The van der Waals surface area contributed by atoms with Gasteiger partial charge in [-0.05, 0) is 38.0 Å². The molecule has 0 aliphatic carbocycles. The fraction of sp³-hybridized carbons (Fsp3) is 0.533. The van der Waals surface area contributed by atoms with Crippen molar-refractivity contribution in [2.45, 2.75) is 31.3 Å². The highest BCUT2D eigenvalue weighted by atomic mass is 32.2. The van der Waals surface area contributed by atoms with Crippen LogP contribution >= 0.6 is 0 Å². The number of nitrogens with zero attached hydrogens (tertiary/aromatic N) is 3. The molecule has 3 rings (SSSR count). The number of likely N-dealkylation sites (N-methyl/N-ethyl adjacent to an activating group) is 1. The Bertz CT molecular complexity index is 772. The van der Waals surface area contributed by atoms with E-state index in [1.807, 2.05) is 0 Å². The van der Waals surface area contributed by atoms with Crippen molar-refractivity contribution in [2.75, 3.05) is 24.4 Å². The third kappa shape index (κ3) is 2.51. The highest BCUT2D eigenvalue weighted by Gasteiger charge is 2.56. The van der Waals surface area contributed by atoms with Crippen LogP contribution < -0.4 is 4.31 Å². The van der Waals surface area contributed by atoms with Crippen molar-refractivity contribution in [1.82, 2.24) is 9.21 Å². The number of hydrogen-bond donors (Lipinski definition) is 1. The molecule has 1 amide bonds. The number of carboxylic acid groups (broad SMARTS) is 1. The second kappa shape index (κ2) is 5.59. The van der Waals surface area contributed by atoms with E-state index in [0.29, 0.717) is 12.8 Å². The van der Waals surface area contributed by atoms with Gasteiger partial charge < -0.3 is 10.0 Å². The van der Waals surface area contributed by atoms with E-state index in [0.717, 1.165) is 0 Å². The summed E-state index contributed by atoms with van der Waals surface area (Å²) in [5.74, 6) is -0.511. The van der Waals surface area contributed by atoms with Crippen LogP contribution in [0.2, 0.25) is 0 Å².